The first-order chi connectivity index (χ1) is 12.3. The van der Waals surface area contributed by atoms with Crippen molar-refractivity contribution in [3.8, 4) is 0 Å². The largest absolute Gasteiger partial charge is 0.465 e. The normalized spacial score (nSPS) is 23.8. The van der Waals surface area contributed by atoms with Crippen molar-refractivity contribution in [1.29, 1.82) is 0 Å². The summed E-state index contributed by atoms with van der Waals surface area (Å²) in [6.07, 6.45) is 4.30. The molecule has 0 spiro atoms. The number of amides is 2. The molecule has 26 heavy (non-hydrogen) atoms. The lowest BCUT2D eigenvalue weighted by atomic mass is 10.2. The van der Waals surface area contributed by atoms with Crippen LogP contribution in [0.25, 0.3) is 6.08 Å². The van der Waals surface area contributed by atoms with E-state index in [4.69, 9.17) is 16.6 Å². The molecule has 2 amide bonds. The van der Waals surface area contributed by atoms with E-state index in [0.717, 1.165) is 0 Å². The number of hydrogen-bond acceptors (Lipinski definition) is 7. The van der Waals surface area contributed by atoms with Crippen molar-refractivity contribution in [2.45, 2.75) is 25.3 Å². The molecular formula is C16H18N2O5S3. The molecule has 0 bridgehead atoms. The number of furan rings is 1. The van der Waals surface area contributed by atoms with Crippen molar-refractivity contribution in [2.24, 2.45) is 0 Å². The fourth-order valence-electron chi connectivity index (χ4n) is 2.80. The van der Waals surface area contributed by atoms with Crippen LogP contribution in [-0.2, 0) is 19.4 Å². The zero-order valence-electron chi connectivity index (χ0n) is 13.8. The summed E-state index contributed by atoms with van der Waals surface area (Å²) >= 11 is 6.45. The summed E-state index contributed by atoms with van der Waals surface area (Å²) in [4.78, 5) is 26.3. The maximum absolute atomic E-state index is 12.4. The summed E-state index contributed by atoms with van der Waals surface area (Å²) in [5.41, 5.74) is 0. The molecule has 140 valence electrons. The van der Waals surface area contributed by atoms with Crippen LogP contribution >= 0.6 is 24.0 Å². The number of sulfone groups is 1. The van der Waals surface area contributed by atoms with E-state index in [0.29, 0.717) is 34.4 Å². The summed E-state index contributed by atoms with van der Waals surface area (Å²) in [5.74, 6) is 0.306. The van der Waals surface area contributed by atoms with Crippen LogP contribution in [-0.4, -0.2) is 53.5 Å². The third kappa shape index (κ3) is 4.74. The smallest absolute Gasteiger partial charge is 0.266 e. The average molecular weight is 415 g/mol. The predicted octanol–water partition coefficient (Wildman–Crippen LogP) is 1.56. The Bertz CT molecular complexity index is 845. The molecule has 2 saturated heterocycles. The van der Waals surface area contributed by atoms with E-state index >= 15 is 0 Å². The molecule has 2 aliphatic heterocycles. The Morgan fingerprint density at radius 1 is 1.50 bits per heavy atom. The minimum atomic E-state index is -3.02. The highest BCUT2D eigenvalue weighted by atomic mass is 32.2. The van der Waals surface area contributed by atoms with Gasteiger partial charge in [-0.25, -0.2) is 8.42 Å². The maximum atomic E-state index is 12.4. The summed E-state index contributed by atoms with van der Waals surface area (Å²) in [5, 5.41) is 2.74. The third-order valence-corrected chi connectivity index (χ3v) is 7.22. The van der Waals surface area contributed by atoms with E-state index in [-0.39, 0.29) is 35.8 Å². The van der Waals surface area contributed by atoms with Gasteiger partial charge in [0.25, 0.3) is 5.91 Å². The van der Waals surface area contributed by atoms with Crippen molar-refractivity contribution in [1.82, 2.24) is 10.2 Å². The van der Waals surface area contributed by atoms with Gasteiger partial charge in [-0.15, -0.1) is 0 Å². The fraction of sp³-hybridized carbons (Fsp3) is 0.438. The van der Waals surface area contributed by atoms with Gasteiger partial charge in [0.2, 0.25) is 5.91 Å². The van der Waals surface area contributed by atoms with Gasteiger partial charge in [0.05, 0.1) is 22.7 Å². The van der Waals surface area contributed by atoms with Crippen LogP contribution in [0.3, 0.4) is 0 Å². The molecule has 3 rings (SSSR count). The van der Waals surface area contributed by atoms with Gasteiger partial charge < -0.3 is 9.73 Å². The summed E-state index contributed by atoms with van der Waals surface area (Å²) in [6.45, 7) is 0.344. The number of carbonyl (C=O) groups is 2. The summed E-state index contributed by atoms with van der Waals surface area (Å²) in [7, 11) is -3.02. The van der Waals surface area contributed by atoms with Gasteiger partial charge >= 0.3 is 0 Å². The Morgan fingerprint density at radius 3 is 2.96 bits per heavy atom. The molecule has 2 aliphatic rings. The van der Waals surface area contributed by atoms with Gasteiger partial charge in [0, 0.05) is 25.1 Å². The zero-order valence-corrected chi connectivity index (χ0v) is 16.3. The van der Waals surface area contributed by atoms with Crippen LogP contribution in [0.5, 0.6) is 0 Å². The molecule has 1 aromatic rings. The van der Waals surface area contributed by atoms with Crippen LogP contribution in [0.15, 0.2) is 27.7 Å². The second kappa shape index (κ2) is 7.93. The Labute approximate surface area is 161 Å². The zero-order chi connectivity index (χ0) is 18.7. The Kier molecular flexibility index (Phi) is 5.83. The highest BCUT2D eigenvalue weighted by Crippen LogP contribution is 2.32. The third-order valence-electron chi connectivity index (χ3n) is 4.07. The highest BCUT2D eigenvalue weighted by Gasteiger charge is 2.32. The standard InChI is InChI=1S/C16H18N2O5S3/c19-14(17-11-5-8-26(21,22)10-11)4-1-6-18-15(20)13(25-16(18)24)9-12-3-2-7-23-12/h2-3,7,9,11H,1,4-6,8,10H2,(H,17,19)/b13-9-/t11-/m1/s1. The molecule has 10 heteroatoms. The summed E-state index contributed by atoms with van der Waals surface area (Å²) in [6, 6.07) is 3.18. The fourth-order valence-corrected chi connectivity index (χ4v) is 5.76. The van der Waals surface area contributed by atoms with Crippen LogP contribution in [0.1, 0.15) is 25.0 Å². The highest BCUT2D eigenvalue weighted by molar-refractivity contribution is 8.26. The lowest BCUT2D eigenvalue weighted by Gasteiger charge is -2.15. The van der Waals surface area contributed by atoms with E-state index in [2.05, 4.69) is 5.32 Å². The van der Waals surface area contributed by atoms with Crippen LogP contribution in [0.4, 0.5) is 0 Å². The first-order valence-corrected chi connectivity index (χ1v) is 11.2. The number of carbonyl (C=O) groups excluding carboxylic acids is 2. The van der Waals surface area contributed by atoms with Gasteiger partial charge in [-0.1, -0.05) is 24.0 Å². The number of thioether (sulfide) groups is 1. The maximum Gasteiger partial charge on any atom is 0.266 e. The van der Waals surface area contributed by atoms with E-state index in [1.165, 1.54) is 22.9 Å². The first kappa shape index (κ1) is 19.1. The topological polar surface area (TPSA) is 96.7 Å². The molecule has 2 fully saturated rings. The Morgan fingerprint density at radius 2 is 2.31 bits per heavy atom. The first-order valence-electron chi connectivity index (χ1n) is 8.13. The Hall–Kier alpha value is -1.65. The van der Waals surface area contributed by atoms with Crippen molar-refractivity contribution in [3.63, 3.8) is 0 Å². The van der Waals surface area contributed by atoms with Crippen molar-refractivity contribution < 1.29 is 22.4 Å². The molecule has 1 atom stereocenters. The minimum Gasteiger partial charge on any atom is -0.465 e. The molecule has 0 aliphatic carbocycles. The van der Waals surface area contributed by atoms with Crippen LogP contribution in [0, 0.1) is 0 Å². The molecule has 0 radical (unpaired) electrons. The number of nitrogens with zero attached hydrogens (tertiary/aromatic N) is 1. The lowest BCUT2D eigenvalue weighted by molar-refractivity contribution is -0.124. The predicted molar refractivity (Wildman–Crippen MR) is 103 cm³/mol. The van der Waals surface area contributed by atoms with Gasteiger partial charge in [-0.3, -0.25) is 14.5 Å². The van der Waals surface area contributed by atoms with Gasteiger partial charge in [-0.05, 0) is 25.0 Å². The monoisotopic (exact) mass is 414 g/mol. The number of thiocarbonyl (C=S) groups is 1. The lowest BCUT2D eigenvalue weighted by Crippen LogP contribution is -2.36. The van der Waals surface area contributed by atoms with Crippen LogP contribution < -0.4 is 5.32 Å². The van der Waals surface area contributed by atoms with Crippen molar-refractivity contribution in [2.75, 3.05) is 18.1 Å². The molecule has 3 heterocycles. The summed E-state index contributed by atoms with van der Waals surface area (Å²) < 4.78 is 28.5. The molecule has 0 unspecified atom stereocenters. The van der Waals surface area contributed by atoms with Crippen molar-refractivity contribution in [3.05, 3.63) is 29.1 Å². The molecule has 1 aromatic heterocycles. The molecular weight excluding hydrogens is 396 g/mol. The molecule has 7 nitrogen and oxygen atoms in total. The SMILES string of the molecule is O=C(CCCN1C(=O)/C(=C/c2ccco2)SC1=S)N[C@@H]1CCS(=O)(=O)C1. The van der Waals surface area contributed by atoms with Crippen LogP contribution in [0.2, 0.25) is 0 Å². The molecule has 1 N–H and O–H groups in total. The van der Waals surface area contributed by atoms with E-state index < -0.39 is 9.84 Å². The van der Waals surface area contributed by atoms with Gasteiger partial charge in [-0.2, -0.15) is 0 Å². The number of nitrogens with one attached hydrogen (secondary N) is 1. The quantitative estimate of drug-likeness (QED) is 0.557. The molecule has 0 aromatic carbocycles. The van der Waals surface area contributed by atoms with E-state index in [9.17, 15) is 18.0 Å². The van der Waals surface area contributed by atoms with Gasteiger partial charge in [0.1, 0.15) is 10.1 Å². The second-order valence-electron chi connectivity index (χ2n) is 6.12. The number of rotatable bonds is 6. The minimum absolute atomic E-state index is 0.00497. The van der Waals surface area contributed by atoms with E-state index in [1.807, 2.05) is 0 Å². The van der Waals surface area contributed by atoms with Crippen molar-refractivity contribution >= 4 is 56.0 Å². The van der Waals surface area contributed by atoms with Gasteiger partial charge in [0.15, 0.2) is 9.84 Å². The molecule has 0 saturated carbocycles. The Balaban J connectivity index is 1.46. The van der Waals surface area contributed by atoms with E-state index in [1.54, 1.807) is 18.2 Å². The number of hydrogen-bond donors (Lipinski definition) is 1. The second-order valence-corrected chi connectivity index (χ2v) is 10.0. The average Bonchev–Trinajstić information content (AvgIpc) is 3.25.